The van der Waals surface area contributed by atoms with Crippen LogP contribution in [0.5, 0.6) is 0 Å². The Hall–Kier alpha value is 0.180. The van der Waals surface area contributed by atoms with E-state index in [1.165, 1.54) is 4.31 Å². The van der Waals surface area contributed by atoms with E-state index in [1.807, 2.05) is 13.2 Å². The van der Waals surface area contributed by atoms with Crippen molar-refractivity contribution in [1.29, 1.82) is 0 Å². The summed E-state index contributed by atoms with van der Waals surface area (Å²) in [6, 6.07) is 0.0316. The summed E-state index contributed by atoms with van der Waals surface area (Å²) in [5.41, 5.74) is 0. The minimum atomic E-state index is -3.32. The van der Waals surface area contributed by atoms with Crippen molar-refractivity contribution in [2.75, 3.05) is 45.2 Å². The number of thioether (sulfide) groups is 1. The summed E-state index contributed by atoms with van der Waals surface area (Å²) in [5, 5.41) is 3.32. The zero-order valence-corrected chi connectivity index (χ0v) is 14.8. The zero-order valence-electron chi connectivity index (χ0n) is 13.1. The molecule has 0 spiro atoms. The van der Waals surface area contributed by atoms with Gasteiger partial charge in [-0.1, -0.05) is 6.92 Å². The van der Waals surface area contributed by atoms with E-state index in [4.69, 9.17) is 0 Å². The summed E-state index contributed by atoms with van der Waals surface area (Å²) < 4.78 is 28.5. The average molecular weight is 324 g/mol. The van der Waals surface area contributed by atoms with Gasteiger partial charge in [0, 0.05) is 31.9 Å². The van der Waals surface area contributed by atoms with Gasteiger partial charge >= 0.3 is 0 Å². The summed E-state index contributed by atoms with van der Waals surface area (Å²) in [7, 11) is -1.62. The molecule has 0 aromatic rings. The predicted molar refractivity (Wildman–Crippen MR) is 87.4 cm³/mol. The average Bonchev–Trinajstić information content (AvgIpc) is 2.44. The molecule has 0 aromatic carbocycles. The lowest BCUT2D eigenvalue weighted by atomic mass is 10.00. The maximum Gasteiger partial charge on any atom is 0.282 e. The molecule has 1 rings (SSSR count). The van der Waals surface area contributed by atoms with E-state index in [0.717, 1.165) is 31.7 Å². The highest BCUT2D eigenvalue weighted by Gasteiger charge is 2.33. The predicted octanol–water partition coefficient (Wildman–Crippen LogP) is 1.24. The third-order valence-electron chi connectivity index (χ3n) is 3.88. The molecule has 5 nitrogen and oxygen atoms in total. The third kappa shape index (κ3) is 4.87. The highest BCUT2D eigenvalue weighted by Crippen LogP contribution is 2.21. The molecule has 0 aliphatic carbocycles. The van der Waals surface area contributed by atoms with Crippen molar-refractivity contribution in [3.05, 3.63) is 0 Å². The Balaban J connectivity index is 2.66. The van der Waals surface area contributed by atoms with E-state index < -0.39 is 10.2 Å². The van der Waals surface area contributed by atoms with Gasteiger partial charge in [0.25, 0.3) is 10.2 Å². The lowest BCUT2D eigenvalue weighted by Crippen LogP contribution is -2.50. The second-order valence-corrected chi connectivity index (χ2v) is 8.40. The Morgan fingerprint density at radius 1 is 1.50 bits per heavy atom. The van der Waals surface area contributed by atoms with Crippen molar-refractivity contribution in [3.8, 4) is 0 Å². The molecule has 20 heavy (non-hydrogen) atoms. The normalized spacial score (nSPS) is 23.1. The van der Waals surface area contributed by atoms with Gasteiger partial charge in [0.2, 0.25) is 0 Å². The van der Waals surface area contributed by atoms with Crippen LogP contribution in [0.4, 0.5) is 0 Å². The first-order chi connectivity index (χ1) is 9.43. The summed E-state index contributed by atoms with van der Waals surface area (Å²) >= 11 is 1.68. The standard InChI is InChI=1S/C13H29N3O2S2/c1-5-14-9-13-7-6-8-16(10-13)20(17,18)15(3)12(2)11-19-4/h12-14H,5-11H2,1-4H3. The van der Waals surface area contributed by atoms with Gasteiger partial charge in [-0.3, -0.25) is 0 Å². The number of hydrogen-bond donors (Lipinski definition) is 1. The molecular formula is C13H29N3O2S2. The minimum absolute atomic E-state index is 0.0316. The molecule has 1 aliphatic rings. The van der Waals surface area contributed by atoms with Gasteiger partial charge in [-0.2, -0.15) is 28.8 Å². The number of rotatable bonds is 8. The molecule has 120 valence electrons. The highest BCUT2D eigenvalue weighted by atomic mass is 32.2. The van der Waals surface area contributed by atoms with E-state index in [1.54, 1.807) is 23.1 Å². The van der Waals surface area contributed by atoms with Crippen molar-refractivity contribution >= 4 is 22.0 Å². The smallest absolute Gasteiger partial charge is 0.282 e. The summed E-state index contributed by atoms with van der Waals surface area (Å²) in [6.07, 6.45) is 4.08. The van der Waals surface area contributed by atoms with Gasteiger partial charge in [-0.15, -0.1) is 0 Å². The number of piperidine rings is 1. The van der Waals surface area contributed by atoms with Crippen LogP contribution < -0.4 is 5.32 Å². The zero-order chi connectivity index (χ0) is 15.2. The molecule has 1 heterocycles. The number of nitrogens with one attached hydrogen (secondary N) is 1. The molecule has 1 N–H and O–H groups in total. The highest BCUT2D eigenvalue weighted by molar-refractivity contribution is 7.98. The van der Waals surface area contributed by atoms with Crippen LogP contribution in [0.3, 0.4) is 0 Å². The van der Waals surface area contributed by atoms with Crippen LogP contribution in [-0.2, 0) is 10.2 Å². The minimum Gasteiger partial charge on any atom is -0.317 e. The van der Waals surface area contributed by atoms with Crippen molar-refractivity contribution in [1.82, 2.24) is 13.9 Å². The maximum atomic E-state index is 12.6. The van der Waals surface area contributed by atoms with Gasteiger partial charge < -0.3 is 5.32 Å². The van der Waals surface area contributed by atoms with Crippen molar-refractivity contribution in [2.45, 2.75) is 32.7 Å². The van der Waals surface area contributed by atoms with Crippen LogP contribution in [0.15, 0.2) is 0 Å². The molecule has 1 saturated heterocycles. The molecule has 0 radical (unpaired) electrons. The largest absolute Gasteiger partial charge is 0.317 e. The number of hydrogen-bond acceptors (Lipinski definition) is 4. The second kappa shape index (κ2) is 8.58. The Morgan fingerprint density at radius 3 is 2.80 bits per heavy atom. The molecule has 7 heteroatoms. The topological polar surface area (TPSA) is 52.7 Å². The lowest BCUT2D eigenvalue weighted by molar-refractivity contribution is 0.242. The molecular weight excluding hydrogens is 294 g/mol. The Kier molecular flexibility index (Phi) is 7.82. The first-order valence-corrected chi connectivity index (χ1v) is 10.1. The number of nitrogens with zero attached hydrogens (tertiary/aromatic N) is 2. The SMILES string of the molecule is CCNCC1CCCN(S(=O)(=O)N(C)C(C)CSC)C1. The summed E-state index contributed by atoms with van der Waals surface area (Å²) in [6.45, 7) is 7.19. The van der Waals surface area contributed by atoms with E-state index in [2.05, 4.69) is 12.2 Å². The van der Waals surface area contributed by atoms with Crippen molar-refractivity contribution in [3.63, 3.8) is 0 Å². The van der Waals surface area contributed by atoms with Crippen LogP contribution in [0.2, 0.25) is 0 Å². The molecule has 1 fully saturated rings. The van der Waals surface area contributed by atoms with Gasteiger partial charge in [0.05, 0.1) is 0 Å². The molecule has 0 bridgehead atoms. The Morgan fingerprint density at radius 2 is 2.20 bits per heavy atom. The maximum absolute atomic E-state index is 12.6. The van der Waals surface area contributed by atoms with Gasteiger partial charge in [0.1, 0.15) is 0 Å². The summed E-state index contributed by atoms with van der Waals surface area (Å²) in [5.74, 6) is 1.26. The molecule has 0 saturated carbocycles. The monoisotopic (exact) mass is 323 g/mol. The Labute approximate surface area is 128 Å². The molecule has 2 atom stereocenters. The first kappa shape index (κ1) is 18.2. The van der Waals surface area contributed by atoms with Crippen molar-refractivity contribution in [2.24, 2.45) is 5.92 Å². The quantitative estimate of drug-likeness (QED) is 0.730. The Bertz CT molecular complexity index is 376. The fraction of sp³-hybridized carbons (Fsp3) is 1.00. The first-order valence-electron chi connectivity index (χ1n) is 7.36. The van der Waals surface area contributed by atoms with Crippen LogP contribution >= 0.6 is 11.8 Å². The van der Waals surface area contributed by atoms with Gasteiger partial charge in [0.15, 0.2) is 0 Å². The van der Waals surface area contributed by atoms with Gasteiger partial charge in [-0.25, -0.2) is 0 Å². The fourth-order valence-electron chi connectivity index (χ4n) is 2.51. The second-order valence-electron chi connectivity index (χ2n) is 5.50. The van der Waals surface area contributed by atoms with E-state index >= 15 is 0 Å². The van der Waals surface area contributed by atoms with Crippen LogP contribution in [0, 0.1) is 5.92 Å². The summed E-state index contributed by atoms with van der Waals surface area (Å²) in [4.78, 5) is 0. The molecule has 0 amide bonds. The lowest BCUT2D eigenvalue weighted by Gasteiger charge is -2.36. The van der Waals surface area contributed by atoms with Crippen molar-refractivity contribution < 1.29 is 8.42 Å². The van der Waals surface area contributed by atoms with Gasteiger partial charge in [-0.05, 0) is 45.0 Å². The van der Waals surface area contributed by atoms with Crippen LogP contribution in [0.25, 0.3) is 0 Å². The van der Waals surface area contributed by atoms with Crippen LogP contribution in [0.1, 0.15) is 26.7 Å². The van der Waals surface area contributed by atoms with E-state index in [9.17, 15) is 8.42 Å². The van der Waals surface area contributed by atoms with E-state index in [0.29, 0.717) is 19.0 Å². The van der Waals surface area contributed by atoms with E-state index in [-0.39, 0.29) is 6.04 Å². The molecule has 0 aromatic heterocycles. The molecule has 2 unspecified atom stereocenters. The fourth-order valence-corrected chi connectivity index (χ4v) is 4.96. The molecule has 1 aliphatic heterocycles. The van der Waals surface area contributed by atoms with Crippen LogP contribution in [-0.4, -0.2) is 68.3 Å². The third-order valence-corrected chi connectivity index (χ3v) is 6.77.